The maximum Gasteiger partial charge on any atom is 0.416 e. The van der Waals surface area contributed by atoms with Crippen molar-refractivity contribution in [2.24, 2.45) is 0 Å². The Morgan fingerprint density at radius 2 is 1.47 bits per heavy atom. The topological polar surface area (TPSA) is 108 Å². The van der Waals surface area contributed by atoms with Gasteiger partial charge in [0.25, 0.3) is 0 Å². The molecule has 3 N–H and O–H groups in total. The summed E-state index contributed by atoms with van der Waals surface area (Å²) >= 11 is 0. The molecule has 0 saturated heterocycles. The maximum atomic E-state index is 13.2. The number of anilines is 1. The number of ether oxygens (including phenoxy) is 2. The predicted octanol–water partition coefficient (Wildman–Crippen LogP) is 4.91. The summed E-state index contributed by atoms with van der Waals surface area (Å²) in [6.45, 7) is -0.509. The van der Waals surface area contributed by atoms with Gasteiger partial charge in [0.1, 0.15) is 6.04 Å². The lowest BCUT2D eigenvalue weighted by Gasteiger charge is -2.38. The Bertz CT molecular complexity index is 1130. The van der Waals surface area contributed by atoms with E-state index in [4.69, 9.17) is 9.47 Å². The number of hydrogen-bond acceptors (Lipinski definition) is 5. The molecule has 196 valence electrons. The van der Waals surface area contributed by atoms with Crippen LogP contribution in [0.4, 0.5) is 36.8 Å². The Balaban J connectivity index is 2.06. The fourth-order valence-corrected chi connectivity index (χ4v) is 4.00. The molecule has 1 aliphatic rings. The number of fused-ring (bicyclic) bond motifs is 1. The third-order valence-electron chi connectivity index (χ3n) is 5.63. The third kappa shape index (κ3) is 5.42. The minimum Gasteiger partial charge on any atom is -0.493 e. The summed E-state index contributed by atoms with van der Waals surface area (Å²) in [6.07, 6.45) is -12.0. The summed E-state index contributed by atoms with van der Waals surface area (Å²) in [5.41, 5.74) is -3.23. The smallest absolute Gasteiger partial charge is 0.416 e. The van der Waals surface area contributed by atoms with Crippen LogP contribution in [0.5, 0.6) is 11.5 Å². The summed E-state index contributed by atoms with van der Waals surface area (Å²) in [7, 11) is 2.57. The molecule has 1 heterocycles. The highest BCUT2D eigenvalue weighted by Gasteiger charge is 2.41. The van der Waals surface area contributed by atoms with Gasteiger partial charge in [-0.15, -0.1) is 0 Å². The van der Waals surface area contributed by atoms with Gasteiger partial charge in [0.15, 0.2) is 11.5 Å². The van der Waals surface area contributed by atoms with Crippen LogP contribution in [0.25, 0.3) is 0 Å². The van der Waals surface area contributed by atoms with Crippen LogP contribution in [0.15, 0.2) is 30.3 Å². The van der Waals surface area contributed by atoms with Crippen LogP contribution >= 0.6 is 0 Å². The minimum absolute atomic E-state index is 0.00173. The van der Waals surface area contributed by atoms with Crippen LogP contribution in [0.1, 0.15) is 34.7 Å². The summed E-state index contributed by atoms with van der Waals surface area (Å²) in [5, 5.41) is 22.1. The first-order valence-corrected chi connectivity index (χ1v) is 10.2. The number of amides is 1. The molecule has 0 aromatic heterocycles. The number of nitrogens with one attached hydrogen (secondary N) is 1. The fraction of sp³-hybridized carbons (Fsp3) is 0.364. The van der Waals surface area contributed by atoms with E-state index >= 15 is 0 Å². The molecule has 0 aliphatic carbocycles. The van der Waals surface area contributed by atoms with Gasteiger partial charge in [-0.2, -0.15) is 26.3 Å². The van der Waals surface area contributed by atoms with Crippen molar-refractivity contribution in [1.29, 1.82) is 0 Å². The van der Waals surface area contributed by atoms with Crippen molar-refractivity contribution in [3.63, 3.8) is 0 Å². The number of halogens is 6. The molecule has 0 spiro atoms. The van der Waals surface area contributed by atoms with Gasteiger partial charge >= 0.3 is 24.4 Å². The van der Waals surface area contributed by atoms with Gasteiger partial charge in [-0.1, -0.05) is 0 Å². The second kappa shape index (κ2) is 9.76. The standard InChI is InChI=1S/C22H20F6N2O6/c1-35-17-6-13-14(7-16(19(31)32)30(20(33)34)15(13)8-18(17)36-2)29-9-10-3-11(21(23,24)25)5-12(4-10)22(26,27)28/h3-6,8,14,16,29H,7,9H2,1-2H3,(H,31,32)(H,33,34)/t14-,16-/m0/s1. The van der Waals surface area contributed by atoms with E-state index in [2.05, 4.69) is 5.32 Å². The van der Waals surface area contributed by atoms with Crippen molar-refractivity contribution in [2.75, 3.05) is 19.1 Å². The SMILES string of the molecule is COc1cc2c(cc1OC)N(C(=O)O)[C@H](C(=O)O)C[C@@H]2NCc1cc(C(F)(F)F)cc(C(F)(F)F)c1. The molecular formula is C22H20F6N2O6. The van der Waals surface area contributed by atoms with Gasteiger partial charge in [0.2, 0.25) is 0 Å². The summed E-state index contributed by atoms with van der Waals surface area (Å²) in [6, 6.07) is 1.14. The number of carboxylic acid groups (broad SMARTS) is 2. The molecule has 0 saturated carbocycles. The Morgan fingerprint density at radius 1 is 0.944 bits per heavy atom. The molecule has 2 aromatic rings. The molecule has 2 atom stereocenters. The van der Waals surface area contributed by atoms with Gasteiger partial charge in [-0.3, -0.25) is 4.90 Å². The molecule has 1 amide bonds. The zero-order valence-electron chi connectivity index (χ0n) is 18.7. The summed E-state index contributed by atoms with van der Waals surface area (Å²) in [5.74, 6) is -1.26. The normalized spacial score (nSPS) is 17.9. The number of rotatable bonds is 6. The molecule has 3 rings (SSSR count). The van der Waals surface area contributed by atoms with Gasteiger partial charge in [0, 0.05) is 18.7 Å². The van der Waals surface area contributed by atoms with E-state index in [1.807, 2.05) is 0 Å². The van der Waals surface area contributed by atoms with E-state index in [9.17, 15) is 46.1 Å². The van der Waals surface area contributed by atoms with Crippen LogP contribution < -0.4 is 19.7 Å². The van der Waals surface area contributed by atoms with Crippen LogP contribution in [-0.2, 0) is 23.7 Å². The van der Waals surface area contributed by atoms with Gasteiger partial charge in [-0.25, -0.2) is 9.59 Å². The van der Waals surface area contributed by atoms with Crippen LogP contribution in [0.3, 0.4) is 0 Å². The van der Waals surface area contributed by atoms with Crippen molar-refractivity contribution in [3.8, 4) is 11.5 Å². The maximum absolute atomic E-state index is 13.2. The number of nitrogens with zero attached hydrogens (tertiary/aromatic N) is 1. The Kier molecular flexibility index (Phi) is 7.30. The van der Waals surface area contributed by atoms with E-state index in [0.29, 0.717) is 17.0 Å². The number of carbonyl (C=O) groups is 2. The quantitative estimate of drug-likeness (QED) is 0.463. The van der Waals surface area contributed by atoms with Crippen molar-refractivity contribution in [3.05, 3.63) is 52.6 Å². The number of methoxy groups -OCH3 is 2. The molecule has 0 unspecified atom stereocenters. The highest BCUT2D eigenvalue weighted by atomic mass is 19.4. The number of hydrogen-bond donors (Lipinski definition) is 3. The van der Waals surface area contributed by atoms with Gasteiger partial charge in [0.05, 0.1) is 31.0 Å². The molecule has 2 aromatic carbocycles. The number of carboxylic acids is 1. The third-order valence-corrected chi connectivity index (χ3v) is 5.63. The highest BCUT2D eigenvalue weighted by Crippen LogP contribution is 2.44. The molecule has 36 heavy (non-hydrogen) atoms. The Labute approximate surface area is 200 Å². The van der Waals surface area contributed by atoms with Crippen LogP contribution in [0.2, 0.25) is 0 Å². The molecular weight excluding hydrogens is 502 g/mol. The second-order valence-electron chi connectivity index (χ2n) is 7.86. The van der Waals surface area contributed by atoms with Crippen LogP contribution in [-0.4, -0.2) is 42.5 Å². The first kappa shape index (κ1) is 26.9. The lowest BCUT2D eigenvalue weighted by atomic mass is 9.90. The second-order valence-corrected chi connectivity index (χ2v) is 7.86. The molecule has 1 aliphatic heterocycles. The molecule has 0 bridgehead atoms. The number of benzene rings is 2. The van der Waals surface area contributed by atoms with E-state index in [-0.39, 0.29) is 40.8 Å². The number of aliphatic carboxylic acids is 1. The molecule has 8 nitrogen and oxygen atoms in total. The zero-order valence-corrected chi connectivity index (χ0v) is 18.7. The van der Waals surface area contributed by atoms with Crippen molar-refractivity contribution in [1.82, 2.24) is 5.32 Å². The lowest BCUT2D eigenvalue weighted by molar-refractivity contribution is -0.143. The Hall–Kier alpha value is -3.68. The minimum atomic E-state index is -5.03. The van der Waals surface area contributed by atoms with Crippen LogP contribution in [0, 0.1) is 0 Å². The van der Waals surface area contributed by atoms with Crippen molar-refractivity contribution < 1.29 is 55.6 Å². The Morgan fingerprint density at radius 3 is 1.92 bits per heavy atom. The average molecular weight is 522 g/mol. The van der Waals surface area contributed by atoms with E-state index in [1.54, 1.807) is 0 Å². The summed E-state index contributed by atoms with van der Waals surface area (Å²) < 4.78 is 89.6. The zero-order chi connectivity index (χ0) is 27.0. The first-order valence-electron chi connectivity index (χ1n) is 10.2. The molecule has 14 heteroatoms. The fourth-order valence-electron chi connectivity index (χ4n) is 4.00. The van der Waals surface area contributed by atoms with Crippen molar-refractivity contribution in [2.45, 2.75) is 37.4 Å². The predicted molar refractivity (Wildman–Crippen MR) is 112 cm³/mol. The average Bonchev–Trinajstić information content (AvgIpc) is 2.79. The van der Waals surface area contributed by atoms with Crippen molar-refractivity contribution >= 4 is 17.7 Å². The summed E-state index contributed by atoms with van der Waals surface area (Å²) in [4.78, 5) is 24.3. The van der Waals surface area contributed by atoms with E-state index < -0.39 is 54.2 Å². The van der Waals surface area contributed by atoms with Gasteiger partial charge < -0.3 is 25.0 Å². The number of alkyl halides is 6. The largest absolute Gasteiger partial charge is 0.493 e. The van der Waals surface area contributed by atoms with E-state index in [1.165, 1.54) is 26.4 Å². The molecule has 0 radical (unpaired) electrons. The first-order chi connectivity index (χ1) is 16.7. The highest BCUT2D eigenvalue weighted by molar-refractivity contribution is 5.96. The lowest BCUT2D eigenvalue weighted by Crippen LogP contribution is -2.50. The van der Waals surface area contributed by atoms with Gasteiger partial charge in [-0.05, 0) is 41.8 Å². The molecule has 0 fully saturated rings. The van der Waals surface area contributed by atoms with E-state index in [0.717, 1.165) is 0 Å². The monoisotopic (exact) mass is 522 g/mol.